The molecule has 0 spiro atoms. The van der Waals surface area contributed by atoms with Gasteiger partial charge in [-0.2, -0.15) is 12.7 Å². The van der Waals surface area contributed by atoms with Gasteiger partial charge in [0.2, 0.25) is 10.0 Å². The molecule has 1 saturated heterocycles. The highest BCUT2D eigenvalue weighted by molar-refractivity contribution is 7.92. The second kappa shape index (κ2) is 5.91. The monoisotopic (exact) mass is 417 g/mol. The lowest BCUT2D eigenvalue weighted by Crippen LogP contribution is -2.32. The lowest BCUT2D eigenvalue weighted by molar-refractivity contribution is -0.117. The summed E-state index contributed by atoms with van der Waals surface area (Å²) in [6.07, 6.45) is 2.78. The molecule has 1 amide bonds. The van der Waals surface area contributed by atoms with E-state index in [2.05, 4.69) is 0 Å². The number of phenolic OH excluding ortho intramolecular Hbond substituents is 1. The van der Waals surface area contributed by atoms with Crippen molar-refractivity contribution >= 4 is 37.4 Å². The highest BCUT2D eigenvalue weighted by Gasteiger charge is 2.42. The van der Waals surface area contributed by atoms with Crippen LogP contribution in [0.1, 0.15) is 18.4 Å². The number of nitrogens with zero attached hydrogens (tertiary/aromatic N) is 2. The van der Waals surface area contributed by atoms with Crippen LogP contribution in [0.3, 0.4) is 0 Å². The Bertz CT molecular complexity index is 1080. The zero-order valence-corrected chi connectivity index (χ0v) is 15.6. The number of hydrogen-bond acceptors (Lipinski definition) is 6. The van der Waals surface area contributed by atoms with Crippen molar-refractivity contribution in [1.82, 2.24) is 9.03 Å². The second-order valence-corrected chi connectivity index (χ2v) is 10.4. The molecule has 12 heteroatoms. The van der Waals surface area contributed by atoms with Crippen molar-refractivity contribution in [3.63, 3.8) is 0 Å². The number of hydrogen-bond donors (Lipinski definition) is 2. The molecule has 0 radical (unpaired) electrons. The van der Waals surface area contributed by atoms with Gasteiger partial charge >= 0.3 is 10.2 Å². The number of aromatic hydroxyl groups is 1. The van der Waals surface area contributed by atoms with Crippen molar-refractivity contribution in [2.45, 2.75) is 18.1 Å². The van der Waals surface area contributed by atoms with E-state index in [1.54, 1.807) is 10.8 Å². The van der Waals surface area contributed by atoms with Crippen molar-refractivity contribution in [3.05, 3.63) is 29.6 Å². The molecule has 27 heavy (non-hydrogen) atoms. The number of phenols is 1. The Morgan fingerprint density at radius 3 is 2.52 bits per heavy atom. The van der Waals surface area contributed by atoms with Crippen LogP contribution in [-0.4, -0.2) is 57.0 Å². The summed E-state index contributed by atoms with van der Waals surface area (Å²) >= 11 is 0. The molecule has 1 aromatic carbocycles. The van der Waals surface area contributed by atoms with E-state index in [9.17, 15) is 26.7 Å². The van der Waals surface area contributed by atoms with Crippen LogP contribution < -0.4 is 9.03 Å². The number of rotatable bonds is 4. The fourth-order valence-corrected chi connectivity index (χ4v) is 6.10. The summed E-state index contributed by atoms with van der Waals surface area (Å²) in [7, 11) is -7.73. The Morgan fingerprint density at radius 1 is 1.22 bits per heavy atom. The van der Waals surface area contributed by atoms with E-state index in [0.29, 0.717) is 22.7 Å². The highest BCUT2D eigenvalue weighted by Crippen LogP contribution is 2.39. The molecule has 1 aliphatic carbocycles. The average molecular weight is 417 g/mol. The number of benzene rings is 1. The van der Waals surface area contributed by atoms with E-state index < -0.39 is 55.2 Å². The van der Waals surface area contributed by atoms with E-state index >= 15 is 4.39 Å². The van der Waals surface area contributed by atoms with Crippen molar-refractivity contribution < 1.29 is 31.1 Å². The minimum atomic E-state index is -4.30. The van der Waals surface area contributed by atoms with Gasteiger partial charge in [0.05, 0.1) is 5.25 Å². The SMILES string of the molecule is O=C1CN(c2c(O)ccc(C3=CCN(S(=O)(=O)C4CC4)C3)c2F)S(=O)(=O)N1. The molecule has 146 valence electrons. The van der Waals surface area contributed by atoms with Crippen molar-refractivity contribution in [2.24, 2.45) is 0 Å². The fraction of sp³-hybridized carbons (Fsp3) is 0.400. The molecule has 2 aliphatic heterocycles. The second-order valence-electron chi connectivity index (χ2n) is 6.60. The standard InChI is InChI=1S/C15H16FN3O6S2/c16-14-11(9-5-6-18(7-9)26(22,23)10-1-2-10)3-4-12(20)15(14)19-8-13(21)17-27(19,24)25/h3-5,10,20H,1-2,6-8H2,(H,17,21). The van der Waals surface area contributed by atoms with Gasteiger partial charge in [-0.05, 0) is 30.5 Å². The minimum absolute atomic E-state index is 0.0224. The first kappa shape index (κ1) is 18.2. The van der Waals surface area contributed by atoms with Gasteiger partial charge in [0.15, 0.2) is 5.82 Å². The van der Waals surface area contributed by atoms with Crippen LogP contribution in [-0.2, 0) is 25.0 Å². The third kappa shape index (κ3) is 2.97. The zero-order valence-electron chi connectivity index (χ0n) is 13.9. The molecule has 1 saturated carbocycles. The first-order chi connectivity index (χ1) is 12.6. The van der Waals surface area contributed by atoms with Crippen LogP contribution in [0.5, 0.6) is 5.75 Å². The molecule has 9 nitrogen and oxygen atoms in total. The maximum atomic E-state index is 15.1. The maximum Gasteiger partial charge on any atom is 0.326 e. The van der Waals surface area contributed by atoms with Crippen LogP contribution in [0.2, 0.25) is 0 Å². The Hall–Kier alpha value is -2.18. The molecule has 2 heterocycles. The molecule has 3 aliphatic rings. The molecule has 0 atom stereocenters. The van der Waals surface area contributed by atoms with Gasteiger partial charge in [0.1, 0.15) is 18.0 Å². The number of anilines is 1. The number of carbonyl (C=O) groups excluding carboxylic acids is 1. The number of nitrogens with one attached hydrogen (secondary N) is 1. The zero-order chi connectivity index (χ0) is 19.6. The van der Waals surface area contributed by atoms with E-state index in [1.807, 2.05) is 0 Å². The van der Waals surface area contributed by atoms with Crippen LogP contribution in [0.25, 0.3) is 5.57 Å². The normalized spacial score (nSPS) is 22.8. The quantitative estimate of drug-likeness (QED) is 0.705. The average Bonchev–Trinajstić information content (AvgIpc) is 3.25. The van der Waals surface area contributed by atoms with E-state index in [-0.39, 0.29) is 18.7 Å². The third-order valence-corrected chi connectivity index (χ3v) is 8.39. The predicted octanol–water partition coefficient (Wildman–Crippen LogP) is -0.0965. The number of carbonyl (C=O) groups is 1. The third-order valence-electron chi connectivity index (χ3n) is 4.70. The molecule has 0 aromatic heterocycles. The van der Waals surface area contributed by atoms with Crippen LogP contribution in [0.4, 0.5) is 10.1 Å². The van der Waals surface area contributed by atoms with Gasteiger partial charge in [0.25, 0.3) is 5.91 Å². The molecule has 2 fully saturated rings. The number of amides is 1. The summed E-state index contributed by atoms with van der Waals surface area (Å²) in [4.78, 5) is 11.4. The van der Waals surface area contributed by atoms with Gasteiger partial charge in [0, 0.05) is 18.7 Å². The van der Waals surface area contributed by atoms with Gasteiger partial charge < -0.3 is 5.11 Å². The summed E-state index contributed by atoms with van der Waals surface area (Å²) in [5.74, 6) is -2.52. The summed E-state index contributed by atoms with van der Waals surface area (Å²) < 4.78 is 67.2. The molecule has 0 bridgehead atoms. The first-order valence-corrected chi connectivity index (χ1v) is 11.1. The largest absolute Gasteiger partial charge is 0.506 e. The molecular weight excluding hydrogens is 401 g/mol. The van der Waals surface area contributed by atoms with Gasteiger partial charge in [-0.15, -0.1) is 0 Å². The van der Waals surface area contributed by atoms with Gasteiger partial charge in [-0.1, -0.05) is 6.08 Å². The van der Waals surface area contributed by atoms with Crippen LogP contribution >= 0.6 is 0 Å². The first-order valence-electron chi connectivity index (χ1n) is 8.14. The Balaban J connectivity index is 1.69. The Labute approximate surface area is 155 Å². The Kier molecular flexibility index (Phi) is 3.98. The van der Waals surface area contributed by atoms with E-state index in [1.165, 1.54) is 10.4 Å². The molecule has 2 N–H and O–H groups in total. The lowest BCUT2D eigenvalue weighted by Gasteiger charge is -2.20. The van der Waals surface area contributed by atoms with Gasteiger partial charge in [-0.25, -0.2) is 21.8 Å². The molecular formula is C15H16FN3O6S2. The Morgan fingerprint density at radius 2 is 1.93 bits per heavy atom. The topological polar surface area (TPSA) is 124 Å². The summed E-state index contributed by atoms with van der Waals surface area (Å²) in [6, 6.07) is 2.37. The van der Waals surface area contributed by atoms with Crippen LogP contribution in [0, 0.1) is 5.82 Å². The number of halogens is 1. The molecule has 0 unspecified atom stereocenters. The van der Waals surface area contributed by atoms with E-state index in [0.717, 1.165) is 6.07 Å². The number of sulfonamides is 1. The summed E-state index contributed by atoms with van der Waals surface area (Å²) in [5.41, 5.74) is -0.296. The van der Waals surface area contributed by atoms with E-state index in [4.69, 9.17) is 0 Å². The van der Waals surface area contributed by atoms with Crippen molar-refractivity contribution in [1.29, 1.82) is 0 Å². The predicted molar refractivity (Wildman–Crippen MR) is 94.0 cm³/mol. The van der Waals surface area contributed by atoms with Crippen molar-refractivity contribution in [3.8, 4) is 5.75 Å². The van der Waals surface area contributed by atoms with Crippen molar-refractivity contribution in [2.75, 3.05) is 23.9 Å². The smallest absolute Gasteiger partial charge is 0.326 e. The highest BCUT2D eigenvalue weighted by atomic mass is 32.2. The minimum Gasteiger partial charge on any atom is -0.506 e. The lowest BCUT2D eigenvalue weighted by atomic mass is 10.0. The van der Waals surface area contributed by atoms with Gasteiger partial charge in [-0.3, -0.25) is 4.79 Å². The summed E-state index contributed by atoms with van der Waals surface area (Å²) in [5, 5.41) is 9.60. The summed E-state index contributed by atoms with van der Waals surface area (Å²) in [6.45, 7) is -0.590. The van der Waals surface area contributed by atoms with Crippen LogP contribution in [0.15, 0.2) is 18.2 Å². The maximum absolute atomic E-state index is 15.1. The molecule has 4 rings (SSSR count). The molecule has 1 aromatic rings. The fourth-order valence-electron chi connectivity index (χ4n) is 3.18.